The molecule has 0 amide bonds. The molecule has 2 rings (SSSR count). The smallest absolute Gasteiger partial charge is 0.337 e. The molecule has 1 aromatic carbocycles. The van der Waals surface area contributed by atoms with Crippen molar-refractivity contribution in [1.29, 1.82) is 0 Å². The number of rotatable bonds is 5. The summed E-state index contributed by atoms with van der Waals surface area (Å²) in [5.74, 6) is -0.804. The maximum Gasteiger partial charge on any atom is 0.337 e. The third-order valence-electron chi connectivity index (χ3n) is 3.77. The van der Waals surface area contributed by atoms with Crippen LogP contribution in [0.3, 0.4) is 0 Å². The van der Waals surface area contributed by atoms with Crippen molar-refractivity contribution >= 4 is 27.6 Å². The zero-order valence-electron chi connectivity index (χ0n) is 11.5. The van der Waals surface area contributed by atoms with Crippen LogP contribution in [0.25, 0.3) is 0 Å². The van der Waals surface area contributed by atoms with Crippen molar-refractivity contribution in [3.8, 4) is 0 Å². The maximum atomic E-state index is 12.2. The maximum absolute atomic E-state index is 12.2. The van der Waals surface area contributed by atoms with Gasteiger partial charge in [-0.2, -0.15) is 0 Å². The van der Waals surface area contributed by atoms with Crippen LogP contribution >= 0.6 is 11.6 Å². The first kappa shape index (κ1) is 16.3. The molecule has 1 aliphatic rings. The summed E-state index contributed by atoms with van der Waals surface area (Å²) in [7, 11) is -3.65. The molecule has 21 heavy (non-hydrogen) atoms. The predicted octanol–water partition coefficient (Wildman–Crippen LogP) is 2.90. The van der Waals surface area contributed by atoms with Crippen molar-refractivity contribution in [2.75, 3.05) is 6.54 Å². The van der Waals surface area contributed by atoms with E-state index in [2.05, 4.69) is 4.72 Å². The molecule has 2 N–H and O–H groups in total. The second-order valence-electron chi connectivity index (χ2n) is 5.30. The lowest BCUT2D eigenvalue weighted by Crippen LogP contribution is -2.30. The zero-order chi connectivity index (χ0) is 15.5. The van der Waals surface area contributed by atoms with Gasteiger partial charge < -0.3 is 5.11 Å². The first-order valence-electron chi connectivity index (χ1n) is 6.92. The number of nitrogens with one attached hydrogen (secondary N) is 1. The van der Waals surface area contributed by atoms with Gasteiger partial charge in [-0.1, -0.05) is 30.9 Å². The molecule has 0 radical (unpaired) electrons. The SMILES string of the molecule is O=C(O)c1ccc(S(=O)(=O)NCC2CCCCC2)cc1Cl. The van der Waals surface area contributed by atoms with E-state index in [1.165, 1.54) is 24.6 Å². The molecule has 1 aliphatic carbocycles. The lowest BCUT2D eigenvalue weighted by molar-refractivity contribution is 0.0697. The Balaban J connectivity index is 2.08. The standard InChI is InChI=1S/C14H18ClNO4S/c15-13-8-11(6-7-12(13)14(17)18)21(19,20)16-9-10-4-2-1-3-5-10/h6-8,10,16H,1-5,9H2,(H,17,18). The van der Waals surface area contributed by atoms with E-state index in [1.54, 1.807) is 0 Å². The Hall–Kier alpha value is -1.11. The fourth-order valence-corrected chi connectivity index (χ4v) is 4.01. The zero-order valence-corrected chi connectivity index (χ0v) is 13.1. The fourth-order valence-electron chi connectivity index (χ4n) is 2.54. The van der Waals surface area contributed by atoms with E-state index in [1.807, 2.05) is 0 Å². The van der Waals surface area contributed by atoms with Gasteiger partial charge in [-0.05, 0) is 37.0 Å². The van der Waals surface area contributed by atoms with Crippen molar-refractivity contribution in [1.82, 2.24) is 4.72 Å². The van der Waals surface area contributed by atoms with Gasteiger partial charge in [-0.3, -0.25) is 0 Å². The average molecular weight is 332 g/mol. The highest BCUT2D eigenvalue weighted by Gasteiger charge is 2.20. The lowest BCUT2D eigenvalue weighted by atomic mass is 9.90. The van der Waals surface area contributed by atoms with Gasteiger partial charge in [0.15, 0.2) is 0 Å². The summed E-state index contributed by atoms with van der Waals surface area (Å²) in [5.41, 5.74) is -0.108. The minimum atomic E-state index is -3.65. The molecular formula is C14H18ClNO4S. The second-order valence-corrected chi connectivity index (χ2v) is 7.48. The van der Waals surface area contributed by atoms with E-state index in [0.717, 1.165) is 25.7 Å². The summed E-state index contributed by atoms with van der Waals surface area (Å²) in [6.07, 6.45) is 5.59. The van der Waals surface area contributed by atoms with E-state index in [0.29, 0.717) is 12.5 Å². The number of carboxylic acid groups (broad SMARTS) is 1. The molecule has 1 aromatic rings. The Bertz CT molecular complexity index is 624. The molecule has 0 atom stereocenters. The number of carbonyl (C=O) groups is 1. The van der Waals surface area contributed by atoms with Gasteiger partial charge in [0, 0.05) is 6.54 Å². The quantitative estimate of drug-likeness (QED) is 0.869. The molecule has 0 bridgehead atoms. The van der Waals surface area contributed by atoms with Gasteiger partial charge in [0.05, 0.1) is 15.5 Å². The van der Waals surface area contributed by atoms with Crippen molar-refractivity contribution in [3.05, 3.63) is 28.8 Å². The van der Waals surface area contributed by atoms with E-state index in [9.17, 15) is 13.2 Å². The van der Waals surface area contributed by atoms with E-state index >= 15 is 0 Å². The Morgan fingerprint density at radius 1 is 1.29 bits per heavy atom. The summed E-state index contributed by atoms with van der Waals surface area (Å²) in [4.78, 5) is 10.9. The minimum Gasteiger partial charge on any atom is -0.478 e. The van der Waals surface area contributed by atoms with E-state index < -0.39 is 16.0 Å². The highest BCUT2D eigenvalue weighted by Crippen LogP contribution is 2.24. The molecule has 0 heterocycles. The Morgan fingerprint density at radius 2 is 1.95 bits per heavy atom. The minimum absolute atomic E-state index is 0.00619. The highest BCUT2D eigenvalue weighted by molar-refractivity contribution is 7.89. The summed E-state index contributed by atoms with van der Waals surface area (Å²) >= 11 is 5.81. The van der Waals surface area contributed by atoms with Crippen LogP contribution in [0.2, 0.25) is 5.02 Å². The topological polar surface area (TPSA) is 83.5 Å². The van der Waals surface area contributed by atoms with Crippen LogP contribution in [0.1, 0.15) is 42.5 Å². The van der Waals surface area contributed by atoms with Crippen molar-refractivity contribution in [3.63, 3.8) is 0 Å². The van der Waals surface area contributed by atoms with Gasteiger partial charge in [-0.15, -0.1) is 0 Å². The van der Waals surface area contributed by atoms with Gasteiger partial charge >= 0.3 is 5.97 Å². The summed E-state index contributed by atoms with van der Waals surface area (Å²) in [6, 6.07) is 3.65. The first-order chi connectivity index (χ1) is 9.90. The van der Waals surface area contributed by atoms with E-state index in [4.69, 9.17) is 16.7 Å². The van der Waals surface area contributed by atoms with Gasteiger partial charge in [0.25, 0.3) is 0 Å². The van der Waals surface area contributed by atoms with Gasteiger partial charge in [0.1, 0.15) is 0 Å². The summed E-state index contributed by atoms with van der Waals surface area (Å²) in [6.45, 7) is 0.417. The Morgan fingerprint density at radius 3 is 2.52 bits per heavy atom. The molecule has 1 saturated carbocycles. The predicted molar refractivity (Wildman–Crippen MR) is 80.2 cm³/mol. The van der Waals surface area contributed by atoms with Crippen LogP contribution < -0.4 is 4.72 Å². The fraction of sp³-hybridized carbons (Fsp3) is 0.500. The molecule has 5 nitrogen and oxygen atoms in total. The van der Waals surface area contributed by atoms with Crippen LogP contribution in [0, 0.1) is 5.92 Å². The van der Waals surface area contributed by atoms with Gasteiger partial charge in [-0.25, -0.2) is 17.9 Å². The number of aromatic carboxylic acids is 1. The van der Waals surface area contributed by atoms with Crippen molar-refractivity contribution in [2.45, 2.75) is 37.0 Å². The van der Waals surface area contributed by atoms with E-state index in [-0.39, 0.29) is 15.5 Å². The first-order valence-corrected chi connectivity index (χ1v) is 8.79. The molecule has 116 valence electrons. The second kappa shape index (κ2) is 6.77. The monoisotopic (exact) mass is 331 g/mol. The number of sulfonamides is 1. The molecular weight excluding hydrogens is 314 g/mol. The largest absolute Gasteiger partial charge is 0.478 e. The number of carboxylic acids is 1. The number of halogens is 1. The third-order valence-corrected chi connectivity index (χ3v) is 5.50. The average Bonchev–Trinajstić information content (AvgIpc) is 2.46. The van der Waals surface area contributed by atoms with Gasteiger partial charge in [0.2, 0.25) is 10.0 Å². The lowest BCUT2D eigenvalue weighted by Gasteiger charge is -2.21. The number of hydrogen-bond acceptors (Lipinski definition) is 3. The van der Waals surface area contributed by atoms with Crippen LogP contribution in [0.15, 0.2) is 23.1 Å². The van der Waals surface area contributed by atoms with Crippen molar-refractivity contribution in [2.24, 2.45) is 5.92 Å². The molecule has 0 saturated heterocycles. The van der Waals surface area contributed by atoms with Crippen molar-refractivity contribution < 1.29 is 18.3 Å². The molecule has 7 heteroatoms. The molecule has 0 aliphatic heterocycles. The summed E-state index contributed by atoms with van der Waals surface area (Å²) < 4.78 is 27.0. The summed E-state index contributed by atoms with van der Waals surface area (Å²) in [5, 5.41) is 8.80. The van der Waals surface area contributed by atoms with Crippen LogP contribution in [-0.2, 0) is 10.0 Å². The number of benzene rings is 1. The molecule has 0 aromatic heterocycles. The molecule has 1 fully saturated rings. The van der Waals surface area contributed by atoms with Crippen LogP contribution in [-0.4, -0.2) is 26.0 Å². The normalized spacial score (nSPS) is 16.8. The van der Waals surface area contributed by atoms with Crippen LogP contribution in [0.4, 0.5) is 0 Å². The molecule has 0 spiro atoms. The third kappa shape index (κ3) is 4.18. The number of hydrogen-bond donors (Lipinski definition) is 2. The van der Waals surface area contributed by atoms with Crippen LogP contribution in [0.5, 0.6) is 0 Å². The molecule has 0 unspecified atom stereocenters. The highest BCUT2D eigenvalue weighted by atomic mass is 35.5. The Kier molecular flexibility index (Phi) is 5.24. The Labute approximate surface area is 129 Å².